The topological polar surface area (TPSA) is 57.7 Å². The minimum absolute atomic E-state index is 0.266. The van der Waals surface area contributed by atoms with E-state index in [0.29, 0.717) is 6.54 Å². The lowest BCUT2D eigenvalue weighted by Gasteiger charge is -2.20. The number of rotatable bonds is 3. The first-order valence-electron chi connectivity index (χ1n) is 6.26. The van der Waals surface area contributed by atoms with Gasteiger partial charge in [-0.25, -0.2) is 9.37 Å². The van der Waals surface area contributed by atoms with Gasteiger partial charge in [-0.1, -0.05) is 0 Å². The molecule has 0 radical (unpaired) electrons. The Morgan fingerprint density at radius 2 is 2.15 bits per heavy atom. The van der Waals surface area contributed by atoms with Crippen LogP contribution in [0.5, 0.6) is 0 Å². The molecule has 3 aromatic rings. The minimum atomic E-state index is -0.266. The van der Waals surface area contributed by atoms with Crippen LogP contribution in [0.1, 0.15) is 11.5 Å². The van der Waals surface area contributed by atoms with Gasteiger partial charge >= 0.3 is 0 Å². The Labute approximate surface area is 115 Å². The van der Waals surface area contributed by atoms with Crippen molar-refractivity contribution in [1.29, 1.82) is 0 Å². The third-order valence-electron chi connectivity index (χ3n) is 3.14. The standard InChI is InChI=1S/C14H14FN5/c1-9-5-13(20(2)7-14-16-8-17-19-14)11-6-10(15)3-4-12(11)18-9/h3-6,8H,7H2,1-2H3,(H,16,17,19). The van der Waals surface area contributed by atoms with E-state index in [1.807, 2.05) is 24.9 Å². The minimum Gasteiger partial charge on any atom is -0.366 e. The molecule has 0 saturated heterocycles. The Bertz CT molecular complexity index is 739. The molecule has 0 fully saturated rings. The second-order valence-electron chi connectivity index (χ2n) is 4.73. The average Bonchev–Trinajstić information content (AvgIpc) is 2.91. The van der Waals surface area contributed by atoms with Gasteiger partial charge in [-0.2, -0.15) is 5.10 Å². The van der Waals surface area contributed by atoms with E-state index >= 15 is 0 Å². The number of benzene rings is 1. The average molecular weight is 271 g/mol. The molecule has 0 unspecified atom stereocenters. The van der Waals surface area contributed by atoms with Crippen molar-refractivity contribution in [3.05, 3.63) is 47.9 Å². The number of hydrogen-bond acceptors (Lipinski definition) is 4. The number of nitrogens with one attached hydrogen (secondary N) is 1. The van der Waals surface area contributed by atoms with Crippen molar-refractivity contribution in [1.82, 2.24) is 20.2 Å². The van der Waals surface area contributed by atoms with Crippen LogP contribution in [0.25, 0.3) is 10.9 Å². The van der Waals surface area contributed by atoms with Crippen LogP contribution in [0.4, 0.5) is 10.1 Å². The third kappa shape index (κ3) is 2.32. The van der Waals surface area contributed by atoms with Gasteiger partial charge in [0.1, 0.15) is 18.0 Å². The molecule has 3 rings (SSSR count). The monoisotopic (exact) mass is 271 g/mol. The highest BCUT2D eigenvalue weighted by molar-refractivity contribution is 5.91. The summed E-state index contributed by atoms with van der Waals surface area (Å²) in [7, 11) is 1.93. The van der Waals surface area contributed by atoms with Gasteiger partial charge in [0.15, 0.2) is 0 Å². The van der Waals surface area contributed by atoms with Gasteiger partial charge in [0.05, 0.1) is 12.1 Å². The number of pyridine rings is 1. The molecule has 2 heterocycles. The van der Waals surface area contributed by atoms with Crippen LogP contribution in [-0.2, 0) is 6.54 Å². The molecule has 0 aliphatic carbocycles. The molecule has 0 aliphatic heterocycles. The predicted molar refractivity (Wildman–Crippen MR) is 74.9 cm³/mol. The van der Waals surface area contributed by atoms with E-state index in [-0.39, 0.29) is 5.82 Å². The zero-order valence-electron chi connectivity index (χ0n) is 11.3. The number of aromatic nitrogens is 4. The van der Waals surface area contributed by atoms with Gasteiger partial charge in [0.2, 0.25) is 0 Å². The Hall–Kier alpha value is -2.50. The summed E-state index contributed by atoms with van der Waals surface area (Å²) in [4.78, 5) is 10.5. The Morgan fingerprint density at radius 3 is 2.90 bits per heavy atom. The predicted octanol–water partition coefficient (Wildman–Crippen LogP) is 2.44. The molecule has 0 amide bonds. The van der Waals surface area contributed by atoms with Crippen molar-refractivity contribution in [3.8, 4) is 0 Å². The molecule has 0 bridgehead atoms. The van der Waals surface area contributed by atoms with Gasteiger partial charge < -0.3 is 4.90 Å². The maximum absolute atomic E-state index is 13.5. The van der Waals surface area contributed by atoms with Gasteiger partial charge in [-0.3, -0.25) is 10.1 Å². The molecule has 0 saturated carbocycles. The largest absolute Gasteiger partial charge is 0.366 e. The fourth-order valence-corrected chi connectivity index (χ4v) is 2.24. The fraction of sp³-hybridized carbons (Fsp3) is 0.214. The lowest BCUT2D eigenvalue weighted by Crippen LogP contribution is -2.18. The number of aryl methyl sites for hydroxylation is 1. The van der Waals surface area contributed by atoms with Crippen LogP contribution >= 0.6 is 0 Å². The van der Waals surface area contributed by atoms with E-state index in [4.69, 9.17) is 0 Å². The summed E-state index contributed by atoms with van der Waals surface area (Å²) in [5.41, 5.74) is 2.60. The number of aromatic amines is 1. The summed E-state index contributed by atoms with van der Waals surface area (Å²) in [5.74, 6) is 0.490. The van der Waals surface area contributed by atoms with Crippen molar-refractivity contribution in [2.75, 3.05) is 11.9 Å². The van der Waals surface area contributed by atoms with Gasteiger partial charge in [-0.05, 0) is 31.2 Å². The van der Waals surface area contributed by atoms with E-state index < -0.39 is 0 Å². The first kappa shape index (κ1) is 12.5. The van der Waals surface area contributed by atoms with Crippen LogP contribution in [-0.4, -0.2) is 27.2 Å². The van der Waals surface area contributed by atoms with Crippen molar-refractivity contribution in [3.63, 3.8) is 0 Å². The molecule has 1 aromatic carbocycles. The molecule has 0 atom stereocenters. The number of fused-ring (bicyclic) bond motifs is 1. The van der Waals surface area contributed by atoms with Crippen LogP contribution in [0, 0.1) is 12.7 Å². The maximum atomic E-state index is 13.5. The normalized spacial score (nSPS) is 10.9. The summed E-state index contributed by atoms with van der Waals surface area (Å²) < 4.78 is 13.5. The second-order valence-corrected chi connectivity index (χ2v) is 4.73. The highest BCUT2D eigenvalue weighted by Gasteiger charge is 2.11. The number of H-pyrrole nitrogens is 1. The molecule has 0 aliphatic rings. The van der Waals surface area contributed by atoms with Crippen LogP contribution in [0.2, 0.25) is 0 Å². The SMILES string of the molecule is Cc1cc(N(C)Cc2ncn[nH]2)c2cc(F)ccc2n1. The molecule has 102 valence electrons. The second kappa shape index (κ2) is 4.88. The Kier molecular flexibility index (Phi) is 3.06. The van der Waals surface area contributed by atoms with E-state index in [2.05, 4.69) is 20.2 Å². The van der Waals surface area contributed by atoms with Crippen molar-refractivity contribution in [2.45, 2.75) is 13.5 Å². The molecule has 6 heteroatoms. The number of halogens is 1. The molecule has 2 aromatic heterocycles. The van der Waals surface area contributed by atoms with E-state index in [0.717, 1.165) is 28.1 Å². The van der Waals surface area contributed by atoms with Crippen LogP contribution < -0.4 is 4.90 Å². The molecule has 5 nitrogen and oxygen atoms in total. The Balaban J connectivity index is 2.07. The lowest BCUT2D eigenvalue weighted by molar-refractivity contribution is 0.629. The van der Waals surface area contributed by atoms with Crippen molar-refractivity contribution in [2.24, 2.45) is 0 Å². The van der Waals surface area contributed by atoms with Crippen LogP contribution in [0.15, 0.2) is 30.6 Å². The van der Waals surface area contributed by atoms with Gasteiger partial charge in [0, 0.05) is 23.8 Å². The molecule has 20 heavy (non-hydrogen) atoms. The quantitative estimate of drug-likeness (QED) is 0.795. The van der Waals surface area contributed by atoms with Gasteiger partial charge in [-0.15, -0.1) is 0 Å². The first-order valence-corrected chi connectivity index (χ1v) is 6.26. The highest BCUT2D eigenvalue weighted by Crippen LogP contribution is 2.27. The number of nitrogens with zero attached hydrogens (tertiary/aromatic N) is 4. The molecule has 0 spiro atoms. The molecular weight excluding hydrogens is 257 g/mol. The fourth-order valence-electron chi connectivity index (χ4n) is 2.24. The van der Waals surface area contributed by atoms with Crippen LogP contribution in [0.3, 0.4) is 0 Å². The number of anilines is 1. The maximum Gasteiger partial charge on any atom is 0.143 e. The summed E-state index contributed by atoms with van der Waals surface area (Å²) in [6.07, 6.45) is 1.47. The Morgan fingerprint density at radius 1 is 1.30 bits per heavy atom. The van der Waals surface area contributed by atoms with Crippen molar-refractivity contribution < 1.29 is 4.39 Å². The van der Waals surface area contributed by atoms with E-state index in [1.165, 1.54) is 18.5 Å². The zero-order valence-corrected chi connectivity index (χ0v) is 11.3. The summed E-state index contributed by atoms with van der Waals surface area (Å²) in [6, 6.07) is 6.57. The van der Waals surface area contributed by atoms with E-state index in [9.17, 15) is 4.39 Å². The molecule has 1 N–H and O–H groups in total. The first-order chi connectivity index (χ1) is 9.63. The highest BCUT2D eigenvalue weighted by atomic mass is 19.1. The van der Waals surface area contributed by atoms with Gasteiger partial charge in [0.25, 0.3) is 0 Å². The third-order valence-corrected chi connectivity index (χ3v) is 3.14. The summed E-state index contributed by atoms with van der Waals surface area (Å²) in [6.45, 7) is 2.49. The number of hydrogen-bond donors (Lipinski definition) is 1. The smallest absolute Gasteiger partial charge is 0.143 e. The summed E-state index contributed by atoms with van der Waals surface area (Å²) >= 11 is 0. The lowest BCUT2D eigenvalue weighted by atomic mass is 10.1. The molecular formula is C14H14FN5. The van der Waals surface area contributed by atoms with Crippen molar-refractivity contribution >= 4 is 16.6 Å². The zero-order chi connectivity index (χ0) is 14.1. The van der Waals surface area contributed by atoms with E-state index in [1.54, 1.807) is 6.07 Å². The summed E-state index contributed by atoms with van der Waals surface area (Å²) in [5, 5.41) is 7.44.